The number of carbonyl (C=O) groups is 3. The van der Waals surface area contributed by atoms with Crippen LogP contribution in [0.5, 0.6) is 0 Å². The molecule has 0 saturated heterocycles. The first-order valence-corrected chi connectivity index (χ1v) is 11.6. The smallest absolute Gasteiger partial charge is 0.408 e. The number of fused-ring (bicyclic) bond motifs is 3. The summed E-state index contributed by atoms with van der Waals surface area (Å²) in [6.45, 7) is 3.26. The zero-order chi connectivity index (χ0) is 24.9. The summed E-state index contributed by atoms with van der Waals surface area (Å²) in [4.78, 5) is 37.1. The monoisotopic (exact) mass is 472 g/mol. The Morgan fingerprint density at radius 3 is 1.94 bits per heavy atom. The fourth-order valence-corrected chi connectivity index (χ4v) is 4.35. The molecule has 0 fully saturated rings. The Hall–Kier alpha value is -4.13. The first kappa shape index (κ1) is 24.0. The van der Waals surface area contributed by atoms with Crippen LogP contribution in [0.2, 0.25) is 0 Å². The highest BCUT2D eigenvalue weighted by Crippen LogP contribution is 2.44. The van der Waals surface area contributed by atoms with Gasteiger partial charge in [0, 0.05) is 12.0 Å². The van der Waals surface area contributed by atoms with E-state index in [1.807, 2.05) is 36.4 Å². The third kappa shape index (κ3) is 5.19. The molecule has 3 aromatic carbocycles. The summed E-state index contributed by atoms with van der Waals surface area (Å²) in [6, 6.07) is 23.2. The average molecular weight is 473 g/mol. The van der Waals surface area contributed by atoms with E-state index in [4.69, 9.17) is 4.74 Å². The molecule has 0 aromatic heterocycles. The second-order valence-electron chi connectivity index (χ2n) is 8.74. The van der Waals surface area contributed by atoms with Crippen LogP contribution in [-0.4, -0.2) is 35.7 Å². The maximum Gasteiger partial charge on any atom is 0.408 e. The van der Waals surface area contributed by atoms with E-state index in [9.17, 15) is 19.5 Å². The molecule has 2 amide bonds. The van der Waals surface area contributed by atoms with E-state index >= 15 is 0 Å². The van der Waals surface area contributed by atoms with Gasteiger partial charge in [-0.25, -0.2) is 4.79 Å². The third-order valence-corrected chi connectivity index (χ3v) is 6.51. The van der Waals surface area contributed by atoms with Crippen molar-refractivity contribution >= 4 is 18.0 Å². The topological polar surface area (TPSA) is 105 Å². The van der Waals surface area contributed by atoms with Gasteiger partial charge < -0.3 is 20.5 Å². The minimum absolute atomic E-state index is 0.103. The SMILES string of the molecule is CC(NC(=O)[C@@H](NC(=O)OCC1c2ccccc2-c2ccccc21)c1ccccc1)C(C)C(=O)O. The van der Waals surface area contributed by atoms with Gasteiger partial charge in [-0.1, -0.05) is 78.9 Å². The quantitative estimate of drug-likeness (QED) is 0.448. The molecular formula is C28H28N2O5. The van der Waals surface area contributed by atoms with Crippen molar-refractivity contribution in [3.63, 3.8) is 0 Å². The van der Waals surface area contributed by atoms with Gasteiger partial charge in [0.15, 0.2) is 0 Å². The van der Waals surface area contributed by atoms with Crippen molar-refractivity contribution in [1.82, 2.24) is 10.6 Å². The van der Waals surface area contributed by atoms with Crippen LogP contribution < -0.4 is 10.6 Å². The second-order valence-corrected chi connectivity index (χ2v) is 8.74. The zero-order valence-corrected chi connectivity index (χ0v) is 19.6. The van der Waals surface area contributed by atoms with Crippen molar-refractivity contribution in [2.24, 2.45) is 5.92 Å². The maximum absolute atomic E-state index is 13.0. The molecule has 1 aliphatic rings. The van der Waals surface area contributed by atoms with Crippen molar-refractivity contribution < 1.29 is 24.2 Å². The predicted molar refractivity (Wildman–Crippen MR) is 132 cm³/mol. The largest absolute Gasteiger partial charge is 0.481 e. The van der Waals surface area contributed by atoms with Gasteiger partial charge in [-0.15, -0.1) is 0 Å². The van der Waals surface area contributed by atoms with Crippen LogP contribution in [0.1, 0.15) is 42.5 Å². The molecule has 0 heterocycles. The van der Waals surface area contributed by atoms with Crippen LogP contribution in [0.4, 0.5) is 4.79 Å². The predicted octanol–water partition coefficient (Wildman–Crippen LogP) is 4.49. The number of carboxylic acids is 1. The molecule has 1 aliphatic carbocycles. The van der Waals surface area contributed by atoms with Crippen LogP contribution in [0, 0.1) is 5.92 Å². The molecule has 0 radical (unpaired) electrons. The molecule has 0 bridgehead atoms. The summed E-state index contributed by atoms with van der Waals surface area (Å²) >= 11 is 0. The van der Waals surface area contributed by atoms with Crippen LogP contribution in [0.15, 0.2) is 78.9 Å². The first-order chi connectivity index (χ1) is 16.9. The van der Waals surface area contributed by atoms with Crippen molar-refractivity contribution in [1.29, 1.82) is 0 Å². The van der Waals surface area contributed by atoms with E-state index in [2.05, 4.69) is 22.8 Å². The molecule has 0 aliphatic heterocycles. The normalized spacial score (nSPS) is 14.7. The van der Waals surface area contributed by atoms with Crippen molar-refractivity contribution in [2.75, 3.05) is 6.61 Å². The average Bonchev–Trinajstić information content (AvgIpc) is 3.19. The molecule has 35 heavy (non-hydrogen) atoms. The lowest BCUT2D eigenvalue weighted by Crippen LogP contribution is -2.46. The summed E-state index contributed by atoms with van der Waals surface area (Å²) in [5, 5.41) is 14.6. The molecule has 2 unspecified atom stereocenters. The Morgan fingerprint density at radius 1 is 0.829 bits per heavy atom. The number of hydrogen-bond donors (Lipinski definition) is 3. The fourth-order valence-electron chi connectivity index (χ4n) is 4.35. The van der Waals surface area contributed by atoms with Crippen molar-refractivity contribution in [3.8, 4) is 11.1 Å². The van der Waals surface area contributed by atoms with Crippen molar-refractivity contribution in [2.45, 2.75) is 31.8 Å². The number of hydrogen-bond acceptors (Lipinski definition) is 4. The lowest BCUT2D eigenvalue weighted by atomic mass is 9.98. The standard InChI is InChI=1S/C28H28N2O5/c1-17(27(32)33)18(2)29-26(31)25(19-10-4-3-5-11-19)30-28(34)35-16-24-22-14-8-6-12-20(22)21-13-7-9-15-23(21)24/h3-15,17-18,24-25H,16H2,1-2H3,(H,29,31)(H,30,34)(H,32,33)/t17?,18?,25-/m0/s1. The van der Waals surface area contributed by atoms with E-state index in [1.165, 1.54) is 6.92 Å². The van der Waals surface area contributed by atoms with E-state index < -0.39 is 36.0 Å². The first-order valence-electron chi connectivity index (χ1n) is 11.6. The summed E-state index contributed by atoms with van der Waals surface area (Å²) in [5.41, 5.74) is 5.00. The molecule has 4 rings (SSSR count). The van der Waals surface area contributed by atoms with Gasteiger partial charge in [-0.2, -0.15) is 0 Å². The fraction of sp³-hybridized carbons (Fsp3) is 0.250. The molecule has 3 aromatic rings. The Labute approximate surface area is 204 Å². The van der Waals surface area contributed by atoms with Crippen LogP contribution in [0.3, 0.4) is 0 Å². The van der Waals surface area contributed by atoms with Gasteiger partial charge in [-0.05, 0) is 41.7 Å². The van der Waals surface area contributed by atoms with Gasteiger partial charge in [0.25, 0.3) is 0 Å². The Morgan fingerprint density at radius 2 is 1.37 bits per heavy atom. The lowest BCUT2D eigenvalue weighted by Gasteiger charge is -2.23. The number of amides is 2. The number of rotatable bonds is 8. The zero-order valence-electron chi connectivity index (χ0n) is 19.6. The molecule has 7 heteroatoms. The molecule has 0 saturated carbocycles. The number of benzene rings is 3. The molecule has 3 N–H and O–H groups in total. The van der Waals surface area contributed by atoms with E-state index in [0.29, 0.717) is 5.56 Å². The van der Waals surface area contributed by atoms with Gasteiger partial charge in [0.1, 0.15) is 12.6 Å². The second kappa shape index (κ2) is 10.4. The Kier molecular flexibility index (Phi) is 7.15. The number of carbonyl (C=O) groups excluding carboxylic acids is 2. The van der Waals surface area contributed by atoms with Gasteiger partial charge in [0.05, 0.1) is 5.92 Å². The summed E-state index contributed by atoms with van der Waals surface area (Å²) < 4.78 is 5.61. The van der Waals surface area contributed by atoms with Crippen LogP contribution >= 0.6 is 0 Å². The number of aliphatic carboxylic acids is 1. The summed E-state index contributed by atoms with van der Waals surface area (Å²) in [6.07, 6.45) is -0.727. The highest BCUT2D eigenvalue weighted by Gasteiger charge is 2.31. The summed E-state index contributed by atoms with van der Waals surface area (Å²) in [7, 11) is 0. The van der Waals surface area contributed by atoms with Gasteiger partial charge in [-0.3, -0.25) is 9.59 Å². The minimum atomic E-state index is -1.03. The van der Waals surface area contributed by atoms with Gasteiger partial charge in [0.2, 0.25) is 5.91 Å². The molecular weight excluding hydrogens is 444 g/mol. The van der Waals surface area contributed by atoms with E-state index in [1.54, 1.807) is 37.3 Å². The van der Waals surface area contributed by atoms with Crippen LogP contribution in [-0.2, 0) is 14.3 Å². The number of ether oxygens (including phenoxy) is 1. The maximum atomic E-state index is 13.0. The highest BCUT2D eigenvalue weighted by atomic mass is 16.5. The molecule has 180 valence electrons. The Bertz CT molecular complexity index is 1180. The molecule has 0 spiro atoms. The van der Waals surface area contributed by atoms with Crippen molar-refractivity contribution in [3.05, 3.63) is 95.6 Å². The van der Waals surface area contributed by atoms with E-state index in [0.717, 1.165) is 22.3 Å². The number of alkyl carbamates (subject to hydrolysis) is 1. The summed E-state index contributed by atoms with van der Waals surface area (Å²) in [5.74, 6) is -2.41. The minimum Gasteiger partial charge on any atom is -0.481 e. The Balaban J connectivity index is 1.47. The van der Waals surface area contributed by atoms with Crippen LogP contribution in [0.25, 0.3) is 11.1 Å². The number of nitrogens with one attached hydrogen (secondary N) is 2. The lowest BCUT2D eigenvalue weighted by molar-refractivity contribution is -0.142. The molecule has 7 nitrogen and oxygen atoms in total. The highest BCUT2D eigenvalue weighted by molar-refractivity contribution is 5.87. The van der Waals surface area contributed by atoms with Gasteiger partial charge >= 0.3 is 12.1 Å². The number of carboxylic acid groups (broad SMARTS) is 1. The van der Waals surface area contributed by atoms with E-state index in [-0.39, 0.29) is 12.5 Å². The molecule has 3 atom stereocenters. The third-order valence-electron chi connectivity index (χ3n) is 6.51.